The summed E-state index contributed by atoms with van der Waals surface area (Å²) in [6.07, 6.45) is 1.14. The topological polar surface area (TPSA) is 64.3 Å². The van der Waals surface area contributed by atoms with E-state index >= 15 is 0 Å². The van der Waals surface area contributed by atoms with Crippen LogP contribution in [0.2, 0.25) is 0 Å². The van der Waals surface area contributed by atoms with Gasteiger partial charge in [0.1, 0.15) is 5.69 Å². The van der Waals surface area contributed by atoms with Crippen molar-refractivity contribution in [3.05, 3.63) is 46.4 Å². The Bertz CT molecular complexity index is 786. The summed E-state index contributed by atoms with van der Waals surface area (Å²) in [6, 6.07) is 9.15. The zero-order valence-corrected chi connectivity index (χ0v) is 12.6. The number of nitrogens with zero attached hydrogens (tertiary/aromatic N) is 3. The van der Waals surface area contributed by atoms with Crippen molar-refractivity contribution in [2.75, 3.05) is 4.90 Å². The van der Waals surface area contributed by atoms with Gasteiger partial charge < -0.3 is 0 Å². The third kappa shape index (κ3) is 2.07. The first-order valence-electron chi connectivity index (χ1n) is 7.22. The smallest absolute Gasteiger partial charge is 0.283 e. The van der Waals surface area contributed by atoms with Gasteiger partial charge in [-0.1, -0.05) is 18.2 Å². The van der Waals surface area contributed by atoms with Crippen LogP contribution in [0.15, 0.2) is 35.1 Å². The Morgan fingerprint density at radius 3 is 2.14 bits per heavy atom. The molecular formula is C16H17N3O3. The fourth-order valence-corrected chi connectivity index (χ4v) is 2.81. The van der Waals surface area contributed by atoms with Crippen LogP contribution < -0.4 is 10.5 Å². The van der Waals surface area contributed by atoms with E-state index in [4.69, 9.17) is 0 Å². The molecule has 0 aliphatic carbocycles. The van der Waals surface area contributed by atoms with E-state index in [1.807, 2.05) is 30.3 Å². The van der Waals surface area contributed by atoms with Crippen LogP contribution >= 0.6 is 0 Å². The minimum absolute atomic E-state index is 0.168. The number of imide groups is 1. The van der Waals surface area contributed by atoms with E-state index in [9.17, 15) is 14.4 Å². The molecule has 0 radical (unpaired) electrons. The van der Waals surface area contributed by atoms with Crippen molar-refractivity contribution in [3.63, 3.8) is 0 Å². The summed E-state index contributed by atoms with van der Waals surface area (Å²) in [4.78, 5) is 38.1. The van der Waals surface area contributed by atoms with Crippen LogP contribution in [0.1, 0.15) is 25.0 Å². The summed E-state index contributed by atoms with van der Waals surface area (Å²) in [5, 5.41) is 0. The SMILES string of the molecule is Cc1c(N2C(=O)CCCC2=O)c(=O)n(-c2ccccc2)n1C. The number of para-hydroxylation sites is 1. The average molecular weight is 299 g/mol. The molecule has 0 atom stereocenters. The van der Waals surface area contributed by atoms with Crippen LogP contribution in [0.3, 0.4) is 0 Å². The molecule has 0 unspecified atom stereocenters. The lowest BCUT2D eigenvalue weighted by atomic mass is 10.1. The molecule has 6 heteroatoms. The lowest BCUT2D eigenvalue weighted by Gasteiger charge is -2.23. The van der Waals surface area contributed by atoms with Gasteiger partial charge in [0.2, 0.25) is 11.8 Å². The maximum Gasteiger partial charge on any atom is 0.296 e. The highest BCUT2D eigenvalue weighted by atomic mass is 16.2. The second-order valence-corrected chi connectivity index (χ2v) is 5.39. The van der Waals surface area contributed by atoms with Gasteiger partial charge in [0.05, 0.1) is 11.4 Å². The molecule has 1 saturated heterocycles. The zero-order chi connectivity index (χ0) is 15.9. The Kier molecular flexibility index (Phi) is 3.44. The van der Waals surface area contributed by atoms with Crippen LogP contribution in [-0.4, -0.2) is 21.2 Å². The molecule has 1 aromatic heterocycles. The molecule has 0 saturated carbocycles. The van der Waals surface area contributed by atoms with Gasteiger partial charge in [0, 0.05) is 19.9 Å². The molecule has 114 valence electrons. The van der Waals surface area contributed by atoms with Crippen LogP contribution in [0, 0.1) is 6.92 Å². The normalized spacial score (nSPS) is 15.5. The van der Waals surface area contributed by atoms with E-state index in [-0.39, 0.29) is 23.1 Å². The van der Waals surface area contributed by atoms with Crippen LogP contribution in [0.4, 0.5) is 5.69 Å². The number of carbonyl (C=O) groups is 2. The number of benzene rings is 1. The van der Waals surface area contributed by atoms with Crippen molar-refractivity contribution in [2.45, 2.75) is 26.2 Å². The van der Waals surface area contributed by atoms with Crippen molar-refractivity contribution in [3.8, 4) is 5.69 Å². The van der Waals surface area contributed by atoms with Crippen molar-refractivity contribution in [2.24, 2.45) is 7.05 Å². The van der Waals surface area contributed by atoms with Crippen molar-refractivity contribution in [1.82, 2.24) is 9.36 Å². The van der Waals surface area contributed by atoms with Crippen LogP contribution in [-0.2, 0) is 16.6 Å². The lowest BCUT2D eigenvalue weighted by molar-refractivity contribution is -0.129. The lowest BCUT2D eigenvalue weighted by Crippen LogP contribution is -2.43. The number of aromatic nitrogens is 2. The number of rotatable bonds is 2. The Morgan fingerprint density at radius 1 is 0.955 bits per heavy atom. The Hall–Kier alpha value is -2.63. The van der Waals surface area contributed by atoms with E-state index in [0.29, 0.717) is 30.6 Å². The molecule has 0 bridgehead atoms. The standard InChI is InChI=1S/C16H17N3O3/c1-11-15(18-13(20)9-6-10-14(18)21)16(22)19(17(11)2)12-7-4-3-5-8-12/h3-5,7-8H,6,9-10H2,1-2H3. The fraction of sp³-hybridized carbons (Fsp3) is 0.312. The van der Waals surface area contributed by atoms with Crippen LogP contribution in [0.25, 0.3) is 5.69 Å². The van der Waals surface area contributed by atoms with Crippen molar-refractivity contribution < 1.29 is 9.59 Å². The summed E-state index contributed by atoms with van der Waals surface area (Å²) in [7, 11) is 1.74. The molecule has 1 aliphatic rings. The predicted molar refractivity (Wildman–Crippen MR) is 82.1 cm³/mol. The predicted octanol–water partition coefficient (Wildman–Crippen LogP) is 1.53. The Morgan fingerprint density at radius 2 is 1.55 bits per heavy atom. The van der Waals surface area contributed by atoms with Gasteiger partial charge in [-0.05, 0) is 25.5 Å². The third-order valence-electron chi connectivity index (χ3n) is 4.03. The second kappa shape index (κ2) is 5.29. The van der Waals surface area contributed by atoms with Crippen molar-refractivity contribution >= 4 is 17.5 Å². The maximum absolute atomic E-state index is 12.8. The first-order valence-corrected chi connectivity index (χ1v) is 7.22. The summed E-state index contributed by atoms with van der Waals surface area (Å²) in [6.45, 7) is 1.74. The maximum atomic E-state index is 12.8. The van der Waals surface area contributed by atoms with E-state index < -0.39 is 0 Å². The molecule has 0 N–H and O–H groups in total. The van der Waals surface area contributed by atoms with Gasteiger partial charge in [-0.3, -0.25) is 19.1 Å². The summed E-state index contributed by atoms with van der Waals surface area (Å²) < 4.78 is 3.14. The molecular weight excluding hydrogens is 282 g/mol. The fourth-order valence-electron chi connectivity index (χ4n) is 2.81. The zero-order valence-electron chi connectivity index (χ0n) is 12.6. The highest BCUT2D eigenvalue weighted by molar-refractivity contribution is 6.16. The van der Waals surface area contributed by atoms with Crippen LogP contribution in [0.5, 0.6) is 0 Å². The molecule has 3 rings (SSSR count). The first kappa shape index (κ1) is 14.3. The van der Waals surface area contributed by atoms with Gasteiger partial charge in [0.25, 0.3) is 5.56 Å². The van der Waals surface area contributed by atoms with E-state index in [1.165, 1.54) is 4.68 Å². The first-order chi connectivity index (χ1) is 10.5. The highest BCUT2D eigenvalue weighted by Gasteiger charge is 2.33. The Balaban J connectivity index is 2.21. The molecule has 0 spiro atoms. The largest absolute Gasteiger partial charge is 0.296 e. The van der Waals surface area contributed by atoms with Crippen molar-refractivity contribution in [1.29, 1.82) is 0 Å². The molecule has 22 heavy (non-hydrogen) atoms. The third-order valence-corrected chi connectivity index (χ3v) is 4.03. The second-order valence-electron chi connectivity index (χ2n) is 5.39. The number of amides is 2. The van der Waals surface area contributed by atoms with Gasteiger partial charge in [-0.2, -0.15) is 0 Å². The number of hydrogen-bond acceptors (Lipinski definition) is 3. The minimum Gasteiger partial charge on any atom is -0.283 e. The number of anilines is 1. The molecule has 1 aliphatic heterocycles. The summed E-state index contributed by atoms with van der Waals surface area (Å²) in [5.74, 6) is -0.607. The van der Waals surface area contributed by atoms with E-state index in [2.05, 4.69) is 0 Å². The van der Waals surface area contributed by atoms with Gasteiger partial charge in [-0.25, -0.2) is 9.58 Å². The summed E-state index contributed by atoms with van der Waals surface area (Å²) in [5.41, 5.74) is 1.11. The van der Waals surface area contributed by atoms with Gasteiger partial charge in [-0.15, -0.1) is 0 Å². The number of carbonyl (C=O) groups excluding carboxylic acids is 2. The molecule has 2 aromatic rings. The molecule has 1 aromatic carbocycles. The Labute approximate surface area is 127 Å². The van der Waals surface area contributed by atoms with E-state index in [0.717, 1.165) is 4.90 Å². The monoisotopic (exact) mass is 299 g/mol. The van der Waals surface area contributed by atoms with Gasteiger partial charge in [0.15, 0.2) is 0 Å². The summed E-state index contributed by atoms with van der Waals surface area (Å²) >= 11 is 0. The molecule has 1 fully saturated rings. The number of piperidine rings is 1. The number of hydrogen-bond donors (Lipinski definition) is 0. The van der Waals surface area contributed by atoms with Gasteiger partial charge >= 0.3 is 0 Å². The molecule has 2 amide bonds. The average Bonchev–Trinajstić information content (AvgIpc) is 2.72. The molecule has 6 nitrogen and oxygen atoms in total. The quantitative estimate of drug-likeness (QED) is 0.790. The molecule has 2 heterocycles. The minimum atomic E-state index is -0.352. The highest BCUT2D eigenvalue weighted by Crippen LogP contribution is 2.23. The van der Waals surface area contributed by atoms with E-state index in [1.54, 1.807) is 18.7 Å².